The van der Waals surface area contributed by atoms with E-state index >= 15 is 0 Å². The number of hydrogen-bond donors (Lipinski definition) is 0. The van der Waals surface area contributed by atoms with Crippen LogP contribution in [0.2, 0.25) is 0 Å². The zero-order valence-electron chi connectivity index (χ0n) is 7.05. The van der Waals surface area contributed by atoms with Crippen molar-refractivity contribution in [1.29, 1.82) is 0 Å². The number of hydrogen-bond acceptors (Lipinski definition) is 2. The van der Waals surface area contributed by atoms with Gasteiger partial charge in [0.2, 0.25) is 0 Å². The average Bonchev–Trinajstić information content (AvgIpc) is 2.17. The molecular formula is C8H12BrNO2. The highest BCUT2D eigenvalue weighted by Gasteiger charge is 2.17. The predicted octanol–water partition coefficient (Wildman–Crippen LogP) is 1.14. The highest BCUT2D eigenvalue weighted by molar-refractivity contribution is 9.12. The van der Waals surface area contributed by atoms with E-state index in [1.807, 2.05) is 6.92 Å². The Hall–Kier alpha value is -0.350. The van der Waals surface area contributed by atoms with Crippen molar-refractivity contribution < 1.29 is 9.53 Å². The minimum Gasteiger partial charge on any atom is -0.378 e. The fourth-order valence-corrected chi connectivity index (χ4v) is 1.29. The molecule has 0 spiro atoms. The van der Waals surface area contributed by atoms with Gasteiger partial charge >= 0.3 is 0 Å². The lowest BCUT2D eigenvalue weighted by atomic mass is 10.4. The molecule has 0 aromatic rings. The van der Waals surface area contributed by atoms with E-state index in [1.54, 1.807) is 11.0 Å². The molecule has 0 radical (unpaired) electrons. The maximum absolute atomic E-state index is 11.5. The number of ether oxygens (including phenoxy) is 1. The molecule has 1 heterocycles. The summed E-state index contributed by atoms with van der Waals surface area (Å²) >= 11 is 3.21. The van der Waals surface area contributed by atoms with Crippen LogP contribution in [0.1, 0.15) is 6.92 Å². The number of carbonyl (C=O) groups excluding carboxylic acids is 1. The third-order valence-corrected chi connectivity index (χ3v) is 2.55. The number of nitrogens with zero attached hydrogens (tertiary/aromatic N) is 1. The lowest BCUT2D eigenvalue weighted by Gasteiger charge is -2.26. The van der Waals surface area contributed by atoms with E-state index in [-0.39, 0.29) is 5.91 Å². The highest BCUT2D eigenvalue weighted by Crippen LogP contribution is 2.10. The van der Waals surface area contributed by atoms with E-state index in [0.29, 0.717) is 30.8 Å². The standard InChI is InChI=1S/C8H12BrNO2/c1-2-7(9)8(11)10-3-5-12-6-4-10/h2H,3-6H2,1H3/b7-2-. The molecule has 3 nitrogen and oxygen atoms in total. The van der Waals surface area contributed by atoms with Gasteiger partial charge in [0.15, 0.2) is 0 Å². The molecule has 0 saturated carbocycles. The molecule has 68 valence electrons. The summed E-state index contributed by atoms with van der Waals surface area (Å²) in [5.41, 5.74) is 0. The normalized spacial score (nSPS) is 19.5. The van der Waals surface area contributed by atoms with Gasteiger partial charge in [0.1, 0.15) is 0 Å². The van der Waals surface area contributed by atoms with Crippen LogP contribution in [0.3, 0.4) is 0 Å². The number of carbonyl (C=O) groups is 1. The average molecular weight is 234 g/mol. The SMILES string of the molecule is C/C=C(\Br)C(=O)N1CCOCC1. The van der Waals surface area contributed by atoms with Gasteiger partial charge in [-0.1, -0.05) is 6.08 Å². The van der Waals surface area contributed by atoms with E-state index in [1.165, 1.54) is 0 Å². The van der Waals surface area contributed by atoms with Crippen molar-refractivity contribution in [2.75, 3.05) is 26.3 Å². The summed E-state index contributed by atoms with van der Waals surface area (Å²) in [7, 11) is 0. The van der Waals surface area contributed by atoms with Crippen molar-refractivity contribution >= 4 is 21.8 Å². The molecule has 1 aliphatic rings. The smallest absolute Gasteiger partial charge is 0.260 e. The van der Waals surface area contributed by atoms with E-state index in [9.17, 15) is 4.79 Å². The quantitative estimate of drug-likeness (QED) is 0.637. The predicted molar refractivity (Wildman–Crippen MR) is 50.1 cm³/mol. The maximum atomic E-state index is 11.5. The number of halogens is 1. The first-order valence-electron chi connectivity index (χ1n) is 3.94. The molecule has 0 atom stereocenters. The molecule has 0 aromatic heterocycles. The molecule has 0 N–H and O–H groups in total. The molecule has 0 aliphatic carbocycles. The van der Waals surface area contributed by atoms with Gasteiger partial charge in [-0.15, -0.1) is 0 Å². The van der Waals surface area contributed by atoms with Crippen LogP contribution in [0.4, 0.5) is 0 Å². The van der Waals surface area contributed by atoms with Crippen LogP contribution < -0.4 is 0 Å². The Morgan fingerprint density at radius 1 is 1.50 bits per heavy atom. The second-order valence-corrected chi connectivity index (χ2v) is 3.40. The first-order valence-corrected chi connectivity index (χ1v) is 4.74. The van der Waals surface area contributed by atoms with E-state index in [4.69, 9.17) is 4.74 Å². The van der Waals surface area contributed by atoms with E-state index < -0.39 is 0 Å². The molecule has 4 heteroatoms. The van der Waals surface area contributed by atoms with Gasteiger partial charge in [-0.3, -0.25) is 4.79 Å². The molecule has 0 unspecified atom stereocenters. The second kappa shape index (κ2) is 4.62. The Morgan fingerprint density at radius 2 is 2.08 bits per heavy atom. The summed E-state index contributed by atoms with van der Waals surface area (Å²) in [5.74, 6) is 0.0563. The molecule has 0 aromatic carbocycles. The third kappa shape index (κ3) is 2.32. The summed E-state index contributed by atoms with van der Waals surface area (Å²) in [4.78, 5) is 13.3. The fraction of sp³-hybridized carbons (Fsp3) is 0.625. The maximum Gasteiger partial charge on any atom is 0.260 e. The molecular weight excluding hydrogens is 222 g/mol. The molecule has 1 rings (SSSR count). The van der Waals surface area contributed by atoms with Gasteiger partial charge in [0, 0.05) is 13.1 Å². The Labute approximate surface area is 80.5 Å². The molecule has 1 saturated heterocycles. The molecule has 1 fully saturated rings. The van der Waals surface area contributed by atoms with Gasteiger partial charge in [-0.25, -0.2) is 0 Å². The van der Waals surface area contributed by atoms with Gasteiger partial charge < -0.3 is 9.64 Å². The van der Waals surface area contributed by atoms with Crippen LogP contribution in [0.25, 0.3) is 0 Å². The third-order valence-electron chi connectivity index (χ3n) is 1.76. The lowest BCUT2D eigenvalue weighted by Crippen LogP contribution is -2.40. The van der Waals surface area contributed by atoms with Crippen molar-refractivity contribution in [3.8, 4) is 0 Å². The Balaban J connectivity index is 2.51. The second-order valence-electron chi connectivity index (χ2n) is 2.54. The summed E-state index contributed by atoms with van der Waals surface area (Å²) in [5, 5.41) is 0. The van der Waals surface area contributed by atoms with Gasteiger partial charge in [-0.2, -0.15) is 0 Å². The number of amides is 1. The van der Waals surface area contributed by atoms with Gasteiger partial charge in [0.05, 0.1) is 17.7 Å². The van der Waals surface area contributed by atoms with Crippen LogP contribution in [0, 0.1) is 0 Å². The molecule has 12 heavy (non-hydrogen) atoms. The number of rotatable bonds is 1. The van der Waals surface area contributed by atoms with Crippen molar-refractivity contribution in [3.05, 3.63) is 10.6 Å². The largest absolute Gasteiger partial charge is 0.378 e. The Bertz CT molecular complexity index is 197. The van der Waals surface area contributed by atoms with Crippen LogP contribution in [0.15, 0.2) is 10.6 Å². The van der Waals surface area contributed by atoms with Crippen LogP contribution >= 0.6 is 15.9 Å². The number of morpholine rings is 1. The summed E-state index contributed by atoms with van der Waals surface area (Å²) in [6.45, 7) is 4.53. The zero-order valence-corrected chi connectivity index (χ0v) is 8.63. The van der Waals surface area contributed by atoms with E-state index in [0.717, 1.165) is 0 Å². The van der Waals surface area contributed by atoms with Crippen molar-refractivity contribution in [2.45, 2.75) is 6.92 Å². The Morgan fingerprint density at radius 3 is 2.58 bits per heavy atom. The van der Waals surface area contributed by atoms with Gasteiger partial charge in [0.25, 0.3) is 5.91 Å². The summed E-state index contributed by atoms with van der Waals surface area (Å²) in [6.07, 6.45) is 1.76. The molecule has 1 aliphatic heterocycles. The number of allylic oxidation sites excluding steroid dienone is 1. The summed E-state index contributed by atoms with van der Waals surface area (Å²) < 4.78 is 5.76. The first-order chi connectivity index (χ1) is 5.75. The molecule has 0 bridgehead atoms. The monoisotopic (exact) mass is 233 g/mol. The minimum atomic E-state index is 0.0563. The zero-order chi connectivity index (χ0) is 8.97. The van der Waals surface area contributed by atoms with E-state index in [2.05, 4.69) is 15.9 Å². The van der Waals surface area contributed by atoms with Crippen LogP contribution in [-0.2, 0) is 9.53 Å². The molecule has 1 amide bonds. The minimum absolute atomic E-state index is 0.0563. The van der Waals surface area contributed by atoms with Crippen LogP contribution in [0.5, 0.6) is 0 Å². The lowest BCUT2D eigenvalue weighted by molar-refractivity contribution is -0.130. The highest BCUT2D eigenvalue weighted by atomic mass is 79.9. The summed E-state index contributed by atoms with van der Waals surface area (Å²) in [6, 6.07) is 0. The van der Waals surface area contributed by atoms with Crippen molar-refractivity contribution in [1.82, 2.24) is 4.90 Å². The van der Waals surface area contributed by atoms with Crippen LogP contribution in [-0.4, -0.2) is 37.1 Å². The fourth-order valence-electron chi connectivity index (χ4n) is 1.04. The van der Waals surface area contributed by atoms with Crippen molar-refractivity contribution in [2.24, 2.45) is 0 Å². The van der Waals surface area contributed by atoms with Crippen molar-refractivity contribution in [3.63, 3.8) is 0 Å². The topological polar surface area (TPSA) is 29.5 Å². The first kappa shape index (κ1) is 9.74. The van der Waals surface area contributed by atoms with Gasteiger partial charge in [-0.05, 0) is 22.9 Å². The Kier molecular flexibility index (Phi) is 3.75.